The summed E-state index contributed by atoms with van der Waals surface area (Å²) in [5, 5.41) is 11.2. The number of rotatable bonds is 10. The van der Waals surface area contributed by atoms with Crippen LogP contribution in [-0.2, 0) is 19.1 Å². The Morgan fingerprint density at radius 3 is 2.24 bits per heavy atom. The summed E-state index contributed by atoms with van der Waals surface area (Å²) in [4.78, 5) is 41.1. The average molecular weight is 510 g/mol. The van der Waals surface area contributed by atoms with Crippen molar-refractivity contribution < 1.29 is 33.7 Å². The summed E-state index contributed by atoms with van der Waals surface area (Å²) in [5.74, 6) is -1.22. The maximum atomic E-state index is 13.2. The Balaban J connectivity index is 1.68. The first-order valence-electron chi connectivity index (χ1n) is 12.2. The molecule has 2 heterocycles. The third-order valence-corrected chi connectivity index (χ3v) is 6.32. The number of aliphatic hydroxyl groups excluding tert-OH is 1. The summed E-state index contributed by atoms with van der Waals surface area (Å²) in [6.45, 7) is 5.69. The molecule has 2 saturated heterocycles. The minimum Gasteiger partial charge on any atom is -0.507 e. The van der Waals surface area contributed by atoms with Crippen molar-refractivity contribution in [1.29, 1.82) is 0 Å². The predicted octanol–water partition coefficient (Wildman–Crippen LogP) is 1.70. The molecule has 2 aromatic carbocycles. The van der Waals surface area contributed by atoms with Crippen molar-refractivity contribution in [2.45, 2.75) is 13.0 Å². The summed E-state index contributed by atoms with van der Waals surface area (Å²) < 4.78 is 16.2. The van der Waals surface area contributed by atoms with Gasteiger partial charge in [-0.3, -0.25) is 19.3 Å². The van der Waals surface area contributed by atoms with E-state index in [0.717, 1.165) is 13.1 Å². The van der Waals surface area contributed by atoms with Crippen LogP contribution in [0, 0.1) is 0 Å². The number of carbonyl (C=O) groups excluding carboxylic acids is 3. The molecule has 4 rings (SSSR count). The Bertz CT molecular complexity index is 1160. The van der Waals surface area contributed by atoms with Gasteiger partial charge >= 0.3 is 0 Å². The molecule has 10 nitrogen and oxygen atoms in total. The minimum atomic E-state index is -0.794. The molecule has 1 atom stereocenters. The SMILES string of the molecule is CCOc1ccc(/C(O)=C2\C(=O)C(=O)N(CCN3CCOCC3)C2c2ccc(OCC(N)=O)cc2)cc1. The number of likely N-dealkylation sites (tertiary alicyclic amines) is 1. The van der Waals surface area contributed by atoms with Crippen molar-refractivity contribution in [3.63, 3.8) is 0 Å². The van der Waals surface area contributed by atoms with Crippen LogP contribution < -0.4 is 15.2 Å². The van der Waals surface area contributed by atoms with E-state index in [1.165, 1.54) is 4.90 Å². The number of aliphatic hydroxyl groups is 1. The molecule has 1 unspecified atom stereocenters. The second-order valence-electron chi connectivity index (χ2n) is 8.73. The summed E-state index contributed by atoms with van der Waals surface area (Å²) in [6.07, 6.45) is 0. The molecule has 0 aliphatic carbocycles. The Morgan fingerprint density at radius 1 is 1.00 bits per heavy atom. The van der Waals surface area contributed by atoms with Gasteiger partial charge in [-0.2, -0.15) is 0 Å². The largest absolute Gasteiger partial charge is 0.507 e. The first-order chi connectivity index (χ1) is 17.9. The Kier molecular flexibility index (Phi) is 8.42. The van der Waals surface area contributed by atoms with Gasteiger partial charge in [-0.1, -0.05) is 12.1 Å². The fourth-order valence-electron chi connectivity index (χ4n) is 4.46. The molecule has 10 heteroatoms. The lowest BCUT2D eigenvalue weighted by molar-refractivity contribution is -0.140. The molecule has 0 aromatic heterocycles. The second kappa shape index (κ2) is 11.9. The summed E-state index contributed by atoms with van der Waals surface area (Å²) in [6, 6.07) is 12.6. The van der Waals surface area contributed by atoms with E-state index in [9.17, 15) is 19.5 Å². The third-order valence-electron chi connectivity index (χ3n) is 6.32. The number of Topliss-reactive ketones (excluding diaryl/α,β-unsaturated/α-hetero) is 1. The highest BCUT2D eigenvalue weighted by Crippen LogP contribution is 2.40. The molecular weight excluding hydrogens is 478 g/mol. The third kappa shape index (κ3) is 6.10. The number of hydrogen-bond acceptors (Lipinski definition) is 8. The van der Waals surface area contributed by atoms with E-state index in [0.29, 0.717) is 55.5 Å². The van der Waals surface area contributed by atoms with Crippen LogP contribution in [0.4, 0.5) is 0 Å². The van der Waals surface area contributed by atoms with Crippen molar-refractivity contribution >= 4 is 23.4 Å². The number of morpholine rings is 1. The van der Waals surface area contributed by atoms with Gasteiger partial charge in [-0.15, -0.1) is 0 Å². The number of carbonyl (C=O) groups is 3. The number of benzene rings is 2. The lowest BCUT2D eigenvalue weighted by Gasteiger charge is -2.31. The number of hydrogen-bond donors (Lipinski definition) is 2. The Labute approximate surface area is 215 Å². The molecule has 0 spiro atoms. The summed E-state index contributed by atoms with van der Waals surface area (Å²) in [7, 11) is 0. The maximum Gasteiger partial charge on any atom is 0.295 e. The quantitative estimate of drug-likeness (QED) is 0.281. The topological polar surface area (TPSA) is 132 Å². The van der Waals surface area contributed by atoms with Crippen LogP contribution in [0.15, 0.2) is 54.1 Å². The number of primary amides is 1. The molecule has 2 fully saturated rings. The van der Waals surface area contributed by atoms with Crippen LogP contribution in [0.5, 0.6) is 11.5 Å². The first-order valence-corrected chi connectivity index (χ1v) is 12.2. The van der Waals surface area contributed by atoms with Crippen LogP contribution in [0.25, 0.3) is 5.76 Å². The molecule has 196 valence electrons. The van der Waals surface area contributed by atoms with Gasteiger partial charge in [0.2, 0.25) is 0 Å². The van der Waals surface area contributed by atoms with E-state index in [1.807, 2.05) is 6.92 Å². The van der Waals surface area contributed by atoms with E-state index in [-0.39, 0.29) is 17.9 Å². The monoisotopic (exact) mass is 509 g/mol. The fraction of sp³-hybridized carbons (Fsp3) is 0.370. The van der Waals surface area contributed by atoms with E-state index in [2.05, 4.69) is 4.90 Å². The molecule has 0 saturated carbocycles. The molecular formula is C27H31N3O7. The lowest BCUT2D eigenvalue weighted by atomic mass is 9.95. The van der Waals surface area contributed by atoms with Gasteiger partial charge in [0.15, 0.2) is 6.61 Å². The van der Waals surface area contributed by atoms with Crippen LogP contribution in [0.2, 0.25) is 0 Å². The zero-order valence-electron chi connectivity index (χ0n) is 20.7. The van der Waals surface area contributed by atoms with Gasteiger partial charge in [0, 0.05) is 31.7 Å². The summed E-state index contributed by atoms with van der Waals surface area (Å²) in [5.41, 5.74) is 6.19. The molecule has 2 aromatic rings. The zero-order valence-corrected chi connectivity index (χ0v) is 20.7. The normalized spacial score (nSPS) is 19.7. The summed E-state index contributed by atoms with van der Waals surface area (Å²) >= 11 is 0. The molecule has 3 N–H and O–H groups in total. The van der Waals surface area contributed by atoms with Crippen molar-refractivity contribution in [2.24, 2.45) is 5.73 Å². The highest BCUT2D eigenvalue weighted by Gasteiger charge is 2.46. The highest BCUT2D eigenvalue weighted by molar-refractivity contribution is 6.46. The number of nitrogens with two attached hydrogens (primary N) is 1. The Morgan fingerprint density at radius 2 is 1.62 bits per heavy atom. The maximum absolute atomic E-state index is 13.2. The molecule has 2 amide bonds. The van der Waals surface area contributed by atoms with Crippen LogP contribution in [-0.4, -0.2) is 85.1 Å². The van der Waals surface area contributed by atoms with Crippen molar-refractivity contribution in [3.05, 3.63) is 65.2 Å². The van der Waals surface area contributed by atoms with Gasteiger partial charge in [-0.05, 0) is 48.9 Å². The van der Waals surface area contributed by atoms with Gasteiger partial charge in [0.05, 0.1) is 31.4 Å². The predicted molar refractivity (Wildman–Crippen MR) is 135 cm³/mol. The fourth-order valence-corrected chi connectivity index (χ4v) is 4.46. The van der Waals surface area contributed by atoms with Gasteiger partial charge < -0.3 is 30.0 Å². The average Bonchev–Trinajstić information content (AvgIpc) is 3.16. The van der Waals surface area contributed by atoms with Crippen LogP contribution >= 0.6 is 0 Å². The van der Waals surface area contributed by atoms with Crippen molar-refractivity contribution in [2.75, 3.05) is 52.6 Å². The van der Waals surface area contributed by atoms with Gasteiger partial charge in [0.1, 0.15) is 17.3 Å². The number of ether oxygens (including phenoxy) is 3. The van der Waals surface area contributed by atoms with E-state index in [4.69, 9.17) is 19.9 Å². The van der Waals surface area contributed by atoms with Gasteiger partial charge in [-0.25, -0.2) is 0 Å². The van der Waals surface area contributed by atoms with E-state index < -0.39 is 23.6 Å². The molecule has 0 radical (unpaired) electrons. The smallest absolute Gasteiger partial charge is 0.295 e. The molecule has 0 bridgehead atoms. The standard InChI is InChI=1S/C27H31N3O7/c1-2-36-20-9-5-19(6-10-20)25(32)23-24(18-3-7-21(8-4-18)37-17-22(28)31)30(27(34)26(23)33)12-11-29-13-15-35-16-14-29/h3-10,24,32H,2,11-17H2,1H3,(H2,28,31)/b25-23+. The lowest BCUT2D eigenvalue weighted by Crippen LogP contribution is -2.42. The molecule has 2 aliphatic heterocycles. The first kappa shape index (κ1) is 26.2. The van der Waals surface area contributed by atoms with Gasteiger partial charge in [0.25, 0.3) is 17.6 Å². The number of nitrogens with zero attached hydrogens (tertiary/aromatic N) is 2. The number of amides is 2. The second-order valence-corrected chi connectivity index (χ2v) is 8.73. The zero-order chi connectivity index (χ0) is 26.4. The molecule has 2 aliphatic rings. The van der Waals surface area contributed by atoms with E-state index >= 15 is 0 Å². The van der Waals surface area contributed by atoms with Crippen molar-refractivity contribution in [1.82, 2.24) is 9.80 Å². The highest BCUT2D eigenvalue weighted by atomic mass is 16.5. The Hall–Kier alpha value is -3.89. The molecule has 37 heavy (non-hydrogen) atoms. The minimum absolute atomic E-state index is 0.0157. The number of ketones is 1. The van der Waals surface area contributed by atoms with Crippen LogP contribution in [0.3, 0.4) is 0 Å². The van der Waals surface area contributed by atoms with Crippen LogP contribution in [0.1, 0.15) is 24.1 Å². The van der Waals surface area contributed by atoms with E-state index in [1.54, 1.807) is 48.5 Å². The van der Waals surface area contributed by atoms with Crippen molar-refractivity contribution in [3.8, 4) is 11.5 Å².